The number of carbonyl (C=O) groups excluding carboxylic acids is 2. The van der Waals surface area contributed by atoms with Crippen LogP contribution in [0.1, 0.15) is 16.7 Å². The van der Waals surface area contributed by atoms with E-state index in [9.17, 15) is 23.9 Å². The van der Waals surface area contributed by atoms with Crippen molar-refractivity contribution in [2.24, 2.45) is 0 Å². The highest BCUT2D eigenvalue weighted by Gasteiger charge is 2.59. The van der Waals surface area contributed by atoms with Gasteiger partial charge in [0.1, 0.15) is 19.8 Å². The Morgan fingerprint density at radius 1 is 0.872 bits per heavy atom. The highest BCUT2D eigenvalue weighted by atomic mass is 35.5. The second-order valence-corrected chi connectivity index (χ2v) is 12.0. The van der Waals surface area contributed by atoms with Crippen molar-refractivity contribution in [3.05, 3.63) is 95.6 Å². The molecular weight excluding hydrogens is 581 g/mol. The van der Waals surface area contributed by atoms with Crippen molar-refractivity contribution in [1.29, 1.82) is 0 Å². The topological polar surface area (TPSA) is 113 Å². The van der Waals surface area contributed by atoms with Gasteiger partial charge in [-0.3, -0.25) is 14.3 Å². The molecule has 0 aromatic heterocycles. The number of thioether (sulfide) groups is 2. The van der Waals surface area contributed by atoms with Gasteiger partial charge in [0.05, 0.1) is 5.88 Å². The fourth-order valence-electron chi connectivity index (χ4n) is 4.21. The summed E-state index contributed by atoms with van der Waals surface area (Å²) in [6, 6.07) is 22.0. The lowest BCUT2D eigenvalue weighted by Gasteiger charge is -2.44. The van der Waals surface area contributed by atoms with Gasteiger partial charge in [0.25, 0.3) is 0 Å². The molecule has 208 valence electrons. The molecule has 0 saturated heterocycles. The van der Waals surface area contributed by atoms with Crippen molar-refractivity contribution in [2.45, 2.75) is 21.7 Å². The summed E-state index contributed by atoms with van der Waals surface area (Å²) < 4.78 is 24.6. The van der Waals surface area contributed by atoms with E-state index in [0.717, 1.165) is 4.90 Å². The van der Waals surface area contributed by atoms with Gasteiger partial charge in [-0.15, -0.1) is 35.1 Å². The van der Waals surface area contributed by atoms with Gasteiger partial charge in [0.15, 0.2) is 0 Å². The minimum absolute atomic E-state index is 0.0123. The second kappa shape index (κ2) is 14.3. The molecule has 0 bridgehead atoms. The van der Waals surface area contributed by atoms with E-state index in [1.807, 2.05) is 6.07 Å². The van der Waals surface area contributed by atoms with E-state index in [1.165, 1.54) is 23.5 Å². The number of carbonyl (C=O) groups is 2. The maximum absolute atomic E-state index is 13.9. The van der Waals surface area contributed by atoms with Crippen LogP contribution in [-0.2, 0) is 30.7 Å². The number of nitrogens with zero attached hydrogens (tertiary/aromatic N) is 1. The summed E-state index contributed by atoms with van der Waals surface area (Å²) in [4.78, 5) is 51.1. The van der Waals surface area contributed by atoms with Crippen LogP contribution in [0.2, 0.25) is 0 Å². The fourth-order valence-corrected chi connectivity index (χ4v) is 7.22. The monoisotopic (exact) mass is 609 g/mol. The van der Waals surface area contributed by atoms with E-state index in [2.05, 4.69) is 0 Å². The first-order valence-electron chi connectivity index (χ1n) is 11.7. The Morgan fingerprint density at radius 3 is 1.87 bits per heavy atom. The molecule has 0 saturated carbocycles. The van der Waals surface area contributed by atoms with Crippen molar-refractivity contribution < 1.29 is 33.4 Å². The second-order valence-electron chi connectivity index (χ2n) is 8.15. The molecule has 8 nitrogen and oxygen atoms in total. The Labute approximate surface area is 241 Å². The van der Waals surface area contributed by atoms with Crippen LogP contribution in [0.5, 0.6) is 0 Å². The smallest absolute Gasteiger partial charge is 0.412 e. The molecule has 39 heavy (non-hydrogen) atoms. The average molecular weight is 610 g/mol. The van der Waals surface area contributed by atoms with Gasteiger partial charge < -0.3 is 19.3 Å². The van der Waals surface area contributed by atoms with Crippen LogP contribution in [-0.4, -0.2) is 58.3 Å². The van der Waals surface area contributed by atoms with Gasteiger partial charge in [-0.05, 0) is 30.2 Å². The summed E-state index contributed by atoms with van der Waals surface area (Å²) in [5.41, 5.74) is 0.953. The molecule has 0 spiro atoms. The minimum atomic E-state index is -5.35. The molecule has 1 amide bonds. The van der Waals surface area contributed by atoms with Gasteiger partial charge in [-0.1, -0.05) is 66.7 Å². The predicted octanol–water partition coefficient (Wildman–Crippen LogP) is 5.93. The number of benzene rings is 3. The van der Waals surface area contributed by atoms with Gasteiger partial charge in [-0.2, -0.15) is 0 Å². The van der Waals surface area contributed by atoms with Crippen LogP contribution in [0.3, 0.4) is 0 Å². The number of hydrogen-bond donors (Lipinski definition) is 2. The predicted molar refractivity (Wildman–Crippen MR) is 154 cm³/mol. The maximum Gasteiger partial charge on any atom is 0.412 e. The molecule has 2 N–H and O–H groups in total. The molecular formula is C27H29ClNO7PS2. The Kier molecular flexibility index (Phi) is 11.4. The van der Waals surface area contributed by atoms with E-state index >= 15 is 0 Å². The normalized spacial score (nSPS) is 11.6. The van der Waals surface area contributed by atoms with Crippen molar-refractivity contribution in [3.8, 4) is 0 Å². The van der Waals surface area contributed by atoms with Gasteiger partial charge in [0.2, 0.25) is 5.28 Å². The van der Waals surface area contributed by atoms with E-state index in [4.69, 9.17) is 21.1 Å². The van der Waals surface area contributed by atoms with Crippen LogP contribution >= 0.6 is 42.7 Å². The van der Waals surface area contributed by atoms with Crippen LogP contribution in [0.4, 0.5) is 4.79 Å². The van der Waals surface area contributed by atoms with Crippen molar-refractivity contribution >= 4 is 54.8 Å². The molecule has 3 aromatic carbocycles. The number of halogens is 1. The van der Waals surface area contributed by atoms with E-state index < -0.39 is 31.5 Å². The average Bonchev–Trinajstić information content (AvgIpc) is 2.94. The van der Waals surface area contributed by atoms with Gasteiger partial charge >= 0.3 is 19.7 Å². The molecule has 0 aliphatic carbocycles. The van der Waals surface area contributed by atoms with E-state index in [1.54, 1.807) is 85.3 Å². The standard InChI is InChI=1S/C27H29ClNO7PS2/c1-38-23-14-8-6-12-21(23)27(37(32,33)34,22-13-7-9-15-24(22)39-2)29(18-25(30)35-17-16-28)26(31)36-19-20-10-4-3-5-11-20/h3-15H,16-19H2,1-2H3,(H2,32,33,34). The summed E-state index contributed by atoms with van der Waals surface area (Å²) in [7, 11) is -5.35. The molecule has 3 rings (SSSR count). The van der Waals surface area contributed by atoms with Crippen LogP contribution in [0.25, 0.3) is 0 Å². The third kappa shape index (κ3) is 7.01. The number of ether oxygens (including phenoxy) is 2. The molecule has 0 unspecified atom stereocenters. The summed E-state index contributed by atoms with van der Waals surface area (Å²) >= 11 is 8.20. The zero-order valence-corrected chi connectivity index (χ0v) is 24.6. The summed E-state index contributed by atoms with van der Waals surface area (Å²) in [5.74, 6) is -0.883. The third-order valence-electron chi connectivity index (χ3n) is 5.83. The number of amides is 1. The summed E-state index contributed by atoms with van der Waals surface area (Å²) in [6.45, 7) is -1.13. The molecule has 0 fully saturated rings. The SMILES string of the molecule is CSc1ccccc1C(c1ccccc1SC)(N(CC(=O)OCCCl)C(=O)OCc1ccccc1)P(=O)(O)O. The molecule has 0 aliphatic rings. The number of hydrogen-bond acceptors (Lipinski definition) is 7. The Balaban J connectivity index is 2.33. The molecule has 3 aromatic rings. The van der Waals surface area contributed by atoms with Crippen LogP contribution in [0, 0.1) is 0 Å². The summed E-state index contributed by atoms with van der Waals surface area (Å²) in [6.07, 6.45) is 2.42. The molecule has 0 atom stereocenters. The Morgan fingerprint density at radius 2 is 1.38 bits per heavy atom. The number of esters is 1. The lowest BCUT2D eigenvalue weighted by Crippen LogP contribution is -2.53. The van der Waals surface area contributed by atoms with Gasteiger partial charge in [-0.25, -0.2) is 4.79 Å². The highest BCUT2D eigenvalue weighted by molar-refractivity contribution is 7.99. The molecule has 12 heteroatoms. The Bertz CT molecular complexity index is 1270. The molecule has 0 radical (unpaired) electrons. The lowest BCUT2D eigenvalue weighted by atomic mass is 9.95. The third-order valence-corrected chi connectivity index (χ3v) is 9.14. The maximum atomic E-state index is 13.9. The van der Waals surface area contributed by atoms with E-state index in [0.29, 0.717) is 15.4 Å². The van der Waals surface area contributed by atoms with Crippen molar-refractivity contribution in [3.63, 3.8) is 0 Å². The highest BCUT2D eigenvalue weighted by Crippen LogP contribution is 2.65. The lowest BCUT2D eigenvalue weighted by molar-refractivity contribution is -0.144. The van der Waals surface area contributed by atoms with Crippen molar-refractivity contribution in [1.82, 2.24) is 4.90 Å². The Hall–Kier alpha value is -2.46. The van der Waals surface area contributed by atoms with Crippen LogP contribution < -0.4 is 0 Å². The zero-order valence-electron chi connectivity index (χ0n) is 21.4. The summed E-state index contributed by atoms with van der Waals surface area (Å²) in [5, 5.41) is -2.43. The molecule has 0 heterocycles. The van der Waals surface area contributed by atoms with Crippen molar-refractivity contribution in [2.75, 3.05) is 31.5 Å². The number of rotatable bonds is 12. The quantitative estimate of drug-likeness (QED) is 0.112. The first-order chi connectivity index (χ1) is 18.7. The first-order valence-corrected chi connectivity index (χ1v) is 16.3. The largest absolute Gasteiger partial charge is 0.463 e. The molecule has 0 aliphatic heterocycles. The van der Waals surface area contributed by atoms with Gasteiger partial charge in [0, 0.05) is 20.9 Å². The van der Waals surface area contributed by atoms with E-state index in [-0.39, 0.29) is 30.2 Å². The zero-order chi connectivity index (χ0) is 28.5. The fraction of sp³-hybridized carbons (Fsp3) is 0.259. The number of alkyl halides is 1. The minimum Gasteiger partial charge on any atom is -0.463 e. The first kappa shape index (κ1) is 31.1. The van der Waals surface area contributed by atoms with Crippen LogP contribution in [0.15, 0.2) is 88.7 Å².